The van der Waals surface area contributed by atoms with Crippen LogP contribution >= 0.6 is 0 Å². The molecule has 4 heteroatoms. The van der Waals surface area contributed by atoms with Crippen LogP contribution in [-0.4, -0.2) is 6.98 Å². The first-order chi connectivity index (χ1) is 4.11. The average Bonchev–Trinajstić information content (AvgIpc) is 2.08. The Morgan fingerprint density at radius 1 is 1.11 bits per heavy atom. The third-order valence-electron chi connectivity index (χ3n) is 1.93. The third kappa shape index (κ3) is 1.63. The van der Waals surface area contributed by atoms with Crippen molar-refractivity contribution in [1.29, 1.82) is 0 Å². The lowest BCUT2D eigenvalue weighted by atomic mass is 9.72. The quantitative estimate of drug-likeness (QED) is 0.488. The zero-order valence-corrected chi connectivity index (χ0v) is 5.12. The molecule has 0 bridgehead atoms. The van der Waals surface area contributed by atoms with Gasteiger partial charge < -0.3 is 12.9 Å². The summed E-state index contributed by atoms with van der Waals surface area (Å²) >= 11 is 0. The predicted molar refractivity (Wildman–Crippen MR) is 32.4 cm³/mol. The summed E-state index contributed by atoms with van der Waals surface area (Å²) in [6.45, 7) is -4.51. The SMILES string of the molecule is F[B-](F)(F)C1CCCC1.[H+]. The first-order valence-electron chi connectivity index (χ1n) is 3.30. The summed E-state index contributed by atoms with van der Waals surface area (Å²) < 4.78 is 35.5. The van der Waals surface area contributed by atoms with Crippen molar-refractivity contribution in [2.75, 3.05) is 0 Å². The van der Waals surface area contributed by atoms with E-state index in [-0.39, 0.29) is 1.43 Å². The van der Waals surface area contributed by atoms with Gasteiger partial charge in [-0.3, -0.25) is 0 Å². The molecular weight excluding hydrogens is 128 g/mol. The minimum Gasteiger partial charge on any atom is -0.449 e. The van der Waals surface area contributed by atoms with Crippen LogP contribution in [0.5, 0.6) is 0 Å². The maximum atomic E-state index is 11.8. The summed E-state index contributed by atoms with van der Waals surface area (Å²) in [7, 11) is 0. The minimum absolute atomic E-state index is 0. The molecule has 0 spiro atoms. The fourth-order valence-electron chi connectivity index (χ4n) is 1.34. The Morgan fingerprint density at radius 2 is 1.56 bits per heavy atom. The summed E-state index contributed by atoms with van der Waals surface area (Å²) in [6, 6.07) is 0. The van der Waals surface area contributed by atoms with E-state index in [2.05, 4.69) is 0 Å². The summed E-state index contributed by atoms with van der Waals surface area (Å²) in [6.07, 6.45) is 2.30. The molecule has 0 atom stereocenters. The Morgan fingerprint density at radius 3 is 1.78 bits per heavy atom. The molecule has 54 valence electrons. The summed E-state index contributed by atoms with van der Waals surface area (Å²) in [4.78, 5) is 0. The van der Waals surface area contributed by atoms with Crippen LogP contribution in [0.25, 0.3) is 0 Å². The van der Waals surface area contributed by atoms with Crippen LogP contribution in [0.15, 0.2) is 0 Å². The van der Waals surface area contributed by atoms with Gasteiger partial charge in [-0.15, -0.1) is 0 Å². The highest BCUT2D eigenvalue weighted by Gasteiger charge is 2.35. The number of halogens is 3. The van der Waals surface area contributed by atoms with Crippen molar-refractivity contribution in [2.24, 2.45) is 0 Å². The molecule has 0 aliphatic heterocycles. The standard InChI is InChI=1S/C5H9BF3/c7-6(8,9)5-3-1-2-4-5/h5H,1-4H2/q-1/p+1. The van der Waals surface area contributed by atoms with Crippen molar-refractivity contribution < 1.29 is 14.4 Å². The number of hydrogen-bond donors (Lipinski definition) is 0. The molecule has 9 heavy (non-hydrogen) atoms. The smallest absolute Gasteiger partial charge is 0.449 e. The summed E-state index contributed by atoms with van der Waals surface area (Å²) in [5.74, 6) is -0.926. The van der Waals surface area contributed by atoms with E-state index in [1.807, 2.05) is 0 Å². The van der Waals surface area contributed by atoms with Gasteiger partial charge in [-0.2, -0.15) is 0 Å². The Balaban J connectivity index is 0.000000810. The van der Waals surface area contributed by atoms with Crippen molar-refractivity contribution in [3.63, 3.8) is 0 Å². The molecule has 0 aromatic rings. The summed E-state index contributed by atoms with van der Waals surface area (Å²) in [5, 5.41) is 0. The lowest BCUT2D eigenvalue weighted by Gasteiger charge is -2.20. The largest absolute Gasteiger partial charge is 1.00 e. The topological polar surface area (TPSA) is 0 Å². The normalized spacial score (nSPS) is 23.0. The Kier molecular flexibility index (Phi) is 1.73. The van der Waals surface area contributed by atoms with Crippen LogP contribution < -0.4 is 0 Å². The monoisotopic (exact) mass is 138 g/mol. The molecule has 0 nitrogen and oxygen atoms in total. The summed E-state index contributed by atoms with van der Waals surface area (Å²) in [5.41, 5.74) is 0. The average molecular weight is 138 g/mol. The predicted octanol–water partition coefficient (Wildman–Crippen LogP) is 2.89. The van der Waals surface area contributed by atoms with Crippen molar-refractivity contribution in [1.82, 2.24) is 0 Å². The van der Waals surface area contributed by atoms with Gasteiger partial charge in [0.2, 0.25) is 0 Å². The van der Waals surface area contributed by atoms with Gasteiger partial charge >= 0.3 is 8.40 Å². The van der Waals surface area contributed by atoms with Gasteiger partial charge in [-0.05, 0) is 0 Å². The second kappa shape index (κ2) is 2.23. The van der Waals surface area contributed by atoms with Crippen molar-refractivity contribution in [2.45, 2.75) is 31.5 Å². The Bertz CT molecular complexity index is 97.6. The van der Waals surface area contributed by atoms with Gasteiger partial charge in [0.05, 0.1) is 0 Å². The molecule has 0 aromatic carbocycles. The van der Waals surface area contributed by atoms with Crippen LogP contribution in [-0.2, 0) is 0 Å². The second-order valence-electron chi connectivity index (χ2n) is 2.67. The molecule has 0 heterocycles. The van der Waals surface area contributed by atoms with Crippen LogP contribution in [0.3, 0.4) is 0 Å². The highest BCUT2D eigenvalue weighted by Crippen LogP contribution is 2.40. The van der Waals surface area contributed by atoms with E-state index >= 15 is 0 Å². The minimum atomic E-state index is -4.51. The van der Waals surface area contributed by atoms with Gasteiger partial charge in [0.15, 0.2) is 0 Å². The molecule has 0 radical (unpaired) electrons. The van der Waals surface area contributed by atoms with Gasteiger partial charge in [0, 0.05) is 0 Å². The van der Waals surface area contributed by atoms with Gasteiger partial charge in [0.25, 0.3) is 0 Å². The zero-order chi connectivity index (χ0) is 6.91. The number of hydrogen-bond acceptors (Lipinski definition) is 0. The maximum absolute atomic E-state index is 11.8. The Hall–Kier alpha value is -0.145. The molecule has 1 rings (SSSR count). The zero-order valence-electron chi connectivity index (χ0n) is 6.12. The fourth-order valence-corrected chi connectivity index (χ4v) is 1.34. The molecule has 0 amide bonds. The van der Waals surface area contributed by atoms with E-state index < -0.39 is 12.8 Å². The van der Waals surface area contributed by atoms with Gasteiger partial charge in [0.1, 0.15) is 0 Å². The first kappa shape index (κ1) is 6.97. The molecular formula is C5H10BF3. The van der Waals surface area contributed by atoms with Crippen LogP contribution in [0.4, 0.5) is 12.9 Å². The van der Waals surface area contributed by atoms with E-state index in [1.54, 1.807) is 0 Å². The van der Waals surface area contributed by atoms with Crippen LogP contribution in [0, 0.1) is 0 Å². The van der Waals surface area contributed by atoms with E-state index in [9.17, 15) is 12.9 Å². The van der Waals surface area contributed by atoms with Crippen molar-refractivity contribution >= 4 is 6.98 Å². The van der Waals surface area contributed by atoms with E-state index in [1.165, 1.54) is 0 Å². The lowest BCUT2D eigenvalue weighted by molar-refractivity contribution is 0.432. The number of rotatable bonds is 1. The van der Waals surface area contributed by atoms with E-state index in [0.29, 0.717) is 12.8 Å². The highest BCUT2D eigenvalue weighted by atomic mass is 19.4. The lowest BCUT2D eigenvalue weighted by Crippen LogP contribution is -2.21. The van der Waals surface area contributed by atoms with E-state index in [0.717, 1.165) is 12.8 Å². The van der Waals surface area contributed by atoms with Crippen molar-refractivity contribution in [3.05, 3.63) is 0 Å². The third-order valence-corrected chi connectivity index (χ3v) is 1.93. The van der Waals surface area contributed by atoms with Gasteiger partial charge in [-0.25, -0.2) is 0 Å². The molecule has 1 aliphatic carbocycles. The molecule has 1 fully saturated rings. The fraction of sp³-hybridized carbons (Fsp3) is 1.00. The molecule has 1 saturated carbocycles. The van der Waals surface area contributed by atoms with Crippen LogP contribution in [0.1, 0.15) is 27.1 Å². The van der Waals surface area contributed by atoms with Crippen molar-refractivity contribution in [3.8, 4) is 0 Å². The molecule has 1 aliphatic rings. The molecule has 0 unspecified atom stereocenters. The second-order valence-corrected chi connectivity index (χ2v) is 2.67. The highest BCUT2D eigenvalue weighted by molar-refractivity contribution is 6.60. The molecule has 0 N–H and O–H groups in total. The van der Waals surface area contributed by atoms with Gasteiger partial charge in [-0.1, -0.05) is 31.5 Å². The molecule has 0 saturated heterocycles. The van der Waals surface area contributed by atoms with E-state index in [4.69, 9.17) is 0 Å². The van der Waals surface area contributed by atoms with Crippen LogP contribution in [0.2, 0.25) is 5.82 Å². The first-order valence-corrected chi connectivity index (χ1v) is 3.30. The maximum Gasteiger partial charge on any atom is 1.00 e. The Labute approximate surface area is 54.0 Å². The molecule has 0 aromatic heterocycles.